The third kappa shape index (κ3) is 2.85. The van der Waals surface area contributed by atoms with Crippen molar-refractivity contribution in [3.63, 3.8) is 0 Å². The third-order valence-electron chi connectivity index (χ3n) is 4.24. The van der Waals surface area contributed by atoms with Crippen molar-refractivity contribution in [3.8, 4) is 0 Å². The van der Waals surface area contributed by atoms with Gasteiger partial charge in [0.2, 0.25) is 0 Å². The molecule has 2 heterocycles. The number of hydrogen-bond donors (Lipinski definition) is 2. The molecule has 0 unspecified atom stereocenters. The van der Waals surface area contributed by atoms with Crippen molar-refractivity contribution >= 4 is 33.3 Å². The molecule has 2 aromatic rings. The molecule has 6 heteroatoms. The van der Waals surface area contributed by atoms with E-state index in [1.54, 1.807) is 0 Å². The van der Waals surface area contributed by atoms with E-state index in [0.717, 1.165) is 40.5 Å². The van der Waals surface area contributed by atoms with Crippen molar-refractivity contribution in [3.05, 3.63) is 16.8 Å². The first-order chi connectivity index (χ1) is 10.2. The van der Waals surface area contributed by atoms with E-state index in [9.17, 15) is 9.90 Å². The molecule has 0 atom stereocenters. The van der Waals surface area contributed by atoms with Crippen LogP contribution in [0.25, 0.3) is 10.2 Å². The van der Waals surface area contributed by atoms with Gasteiger partial charge in [-0.1, -0.05) is 25.7 Å². The van der Waals surface area contributed by atoms with E-state index in [4.69, 9.17) is 0 Å². The number of aryl methyl sites for hydroxylation is 1. The van der Waals surface area contributed by atoms with Crippen molar-refractivity contribution in [2.24, 2.45) is 5.92 Å². The number of aromatic nitrogens is 2. The van der Waals surface area contributed by atoms with Crippen LogP contribution >= 0.6 is 11.3 Å². The molecule has 0 radical (unpaired) electrons. The van der Waals surface area contributed by atoms with Crippen LogP contribution in [0.3, 0.4) is 0 Å². The lowest BCUT2D eigenvalue weighted by Crippen LogP contribution is -2.08. The molecule has 0 aliphatic heterocycles. The van der Waals surface area contributed by atoms with E-state index in [0.29, 0.717) is 4.88 Å². The fourth-order valence-corrected chi connectivity index (χ4v) is 4.09. The molecular weight excluding hydrogens is 286 g/mol. The van der Waals surface area contributed by atoms with Gasteiger partial charge in [-0.05, 0) is 24.8 Å². The molecular formula is C15H19N3O2S. The number of anilines is 1. The maximum absolute atomic E-state index is 11.2. The van der Waals surface area contributed by atoms with Gasteiger partial charge in [0.05, 0.1) is 5.39 Å². The summed E-state index contributed by atoms with van der Waals surface area (Å²) in [5, 5.41) is 13.4. The normalized spacial score (nSPS) is 15.7. The second-order valence-corrected chi connectivity index (χ2v) is 6.63. The Kier molecular flexibility index (Phi) is 4.05. The lowest BCUT2D eigenvalue weighted by molar-refractivity contribution is 0.0701. The first-order valence-electron chi connectivity index (χ1n) is 7.38. The average molecular weight is 305 g/mol. The SMILES string of the molecule is Cc1c(C(=O)O)sc2ncnc(NCCC3CCCC3)c12. The first-order valence-corrected chi connectivity index (χ1v) is 8.19. The molecule has 112 valence electrons. The Morgan fingerprint density at radius 1 is 1.43 bits per heavy atom. The summed E-state index contributed by atoms with van der Waals surface area (Å²) in [6.07, 6.45) is 8.04. The quantitative estimate of drug-likeness (QED) is 0.881. The number of nitrogens with zero attached hydrogens (tertiary/aromatic N) is 2. The van der Waals surface area contributed by atoms with Gasteiger partial charge in [0.15, 0.2) is 0 Å². The number of carboxylic acid groups (broad SMARTS) is 1. The van der Waals surface area contributed by atoms with E-state index in [-0.39, 0.29) is 0 Å². The second kappa shape index (κ2) is 5.97. The van der Waals surface area contributed by atoms with Crippen LogP contribution in [0.5, 0.6) is 0 Å². The summed E-state index contributed by atoms with van der Waals surface area (Å²) in [5.74, 6) is 0.694. The maximum atomic E-state index is 11.2. The smallest absolute Gasteiger partial charge is 0.346 e. The predicted molar refractivity (Wildman–Crippen MR) is 84.2 cm³/mol. The van der Waals surface area contributed by atoms with E-state index < -0.39 is 5.97 Å². The van der Waals surface area contributed by atoms with Gasteiger partial charge in [0.25, 0.3) is 0 Å². The van der Waals surface area contributed by atoms with Gasteiger partial charge in [-0.3, -0.25) is 0 Å². The summed E-state index contributed by atoms with van der Waals surface area (Å²) in [7, 11) is 0. The summed E-state index contributed by atoms with van der Waals surface area (Å²) in [6, 6.07) is 0. The Labute approximate surface area is 127 Å². The standard InChI is InChI=1S/C15H19N3O2S/c1-9-11-13(16-7-6-10-4-2-3-5-10)17-8-18-14(11)21-12(9)15(19)20/h8,10H,2-7H2,1H3,(H,19,20)(H,16,17,18). The molecule has 0 amide bonds. The van der Waals surface area contributed by atoms with E-state index in [1.807, 2.05) is 6.92 Å². The summed E-state index contributed by atoms with van der Waals surface area (Å²) in [4.78, 5) is 20.8. The fraction of sp³-hybridized carbons (Fsp3) is 0.533. The molecule has 21 heavy (non-hydrogen) atoms. The largest absolute Gasteiger partial charge is 0.477 e. The van der Waals surface area contributed by atoms with Crippen LogP contribution < -0.4 is 5.32 Å². The number of thiophene rings is 1. The highest BCUT2D eigenvalue weighted by Gasteiger charge is 2.19. The number of rotatable bonds is 5. The predicted octanol–water partition coefficient (Wildman–Crippen LogP) is 3.69. The summed E-state index contributed by atoms with van der Waals surface area (Å²) >= 11 is 1.21. The Bertz CT molecular complexity index is 662. The average Bonchev–Trinajstić information content (AvgIpc) is 3.07. The van der Waals surface area contributed by atoms with Gasteiger partial charge in [-0.25, -0.2) is 14.8 Å². The molecule has 0 bridgehead atoms. The zero-order valence-corrected chi connectivity index (χ0v) is 12.9. The van der Waals surface area contributed by atoms with Crippen LogP contribution in [-0.4, -0.2) is 27.6 Å². The van der Waals surface area contributed by atoms with Crippen LogP contribution in [0.2, 0.25) is 0 Å². The minimum absolute atomic E-state index is 0.351. The van der Waals surface area contributed by atoms with Crippen LogP contribution in [0.1, 0.15) is 47.3 Å². The van der Waals surface area contributed by atoms with Crippen LogP contribution in [-0.2, 0) is 0 Å². The number of fused-ring (bicyclic) bond motifs is 1. The molecule has 1 fully saturated rings. The second-order valence-electron chi connectivity index (χ2n) is 5.63. The molecule has 2 aromatic heterocycles. The molecule has 0 aromatic carbocycles. The van der Waals surface area contributed by atoms with Gasteiger partial charge in [0, 0.05) is 6.54 Å². The molecule has 1 aliphatic carbocycles. The van der Waals surface area contributed by atoms with Crippen molar-refractivity contribution in [2.75, 3.05) is 11.9 Å². The minimum Gasteiger partial charge on any atom is -0.477 e. The number of nitrogens with one attached hydrogen (secondary N) is 1. The van der Waals surface area contributed by atoms with Crippen LogP contribution in [0.15, 0.2) is 6.33 Å². The summed E-state index contributed by atoms with van der Waals surface area (Å²) < 4.78 is 0. The molecule has 5 nitrogen and oxygen atoms in total. The van der Waals surface area contributed by atoms with E-state index in [2.05, 4.69) is 15.3 Å². The van der Waals surface area contributed by atoms with Gasteiger partial charge in [-0.15, -0.1) is 11.3 Å². The number of carbonyl (C=O) groups is 1. The zero-order chi connectivity index (χ0) is 14.8. The van der Waals surface area contributed by atoms with Gasteiger partial charge >= 0.3 is 5.97 Å². The highest BCUT2D eigenvalue weighted by atomic mass is 32.1. The number of hydrogen-bond acceptors (Lipinski definition) is 5. The van der Waals surface area contributed by atoms with Crippen LogP contribution in [0, 0.1) is 12.8 Å². The van der Waals surface area contributed by atoms with Gasteiger partial charge < -0.3 is 10.4 Å². The topological polar surface area (TPSA) is 75.1 Å². The lowest BCUT2D eigenvalue weighted by atomic mass is 10.0. The number of aromatic carboxylic acids is 1. The Hall–Kier alpha value is -1.69. The van der Waals surface area contributed by atoms with Crippen LogP contribution in [0.4, 0.5) is 5.82 Å². The monoisotopic (exact) mass is 305 g/mol. The molecule has 2 N–H and O–H groups in total. The molecule has 0 spiro atoms. The molecule has 0 saturated heterocycles. The third-order valence-corrected chi connectivity index (χ3v) is 5.43. The highest BCUT2D eigenvalue weighted by molar-refractivity contribution is 7.20. The molecule has 1 aliphatic rings. The minimum atomic E-state index is -0.896. The van der Waals surface area contributed by atoms with Crippen molar-refractivity contribution in [1.29, 1.82) is 0 Å². The summed E-state index contributed by atoms with van der Waals surface area (Å²) in [5.41, 5.74) is 0.756. The van der Waals surface area contributed by atoms with Gasteiger partial charge in [-0.2, -0.15) is 0 Å². The highest BCUT2D eigenvalue weighted by Crippen LogP contribution is 2.33. The van der Waals surface area contributed by atoms with E-state index in [1.165, 1.54) is 43.3 Å². The maximum Gasteiger partial charge on any atom is 0.346 e. The molecule has 3 rings (SSSR count). The Morgan fingerprint density at radius 3 is 2.90 bits per heavy atom. The Morgan fingerprint density at radius 2 is 2.19 bits per heavy atom. The Balaban J connectivity index is 1.79. The van der Waals surface area contributed by atoms with Gasteiger partial charge in [0.1, 0.15) is 21.9 Å². The van der Waals surface area contributed by atoms with E-state index >= 15 is 0 Å². The first kappa shape index (κ1) is 14.3. The number of carboxylic acids is 1. The van der Waals surface area contributed by atoms with Crippen molar-refractivity contribution in [2.45, 2.75) is 39.0 Å². The van der Waals surface area contributed by atoms with Crippen molar-refractivity contribution < 1.29 is 9.90 Å². The fourth-order valence-electron chi connectivity index (χ4n) is 3.10. The summed E-state index contributed by atoms with van der Waals surface area (Å²) in [6.45, 7) is 2.71. The van der Waals surface area contributed by atoms with Crippen molar-refractivity contribution in [1.82, 2.24) is 9.97 Å². The molecule has 1 saturated carbocycles. The lowest BCUT2D eigenvalue weighted by Gasteiger charge is -2.11. The zero-order valence-electron chi connectivity index (χ0n) is 12.1.